The number of methoxy groups -OCH3 is 1. The fourth-order valence-electron chi connectivity index (χ4n) is 1.43. The summed E-state index contributed by atoms with van der Waals surface area (Å²) in [4.78, 5) is 0. The van der Waals surface area contributed by atoms with Gasteiger partial charge in [0.1, 0.15) is 0 Å². The van der Waals surface area contributed by atoms with Gasteiger partial charge >= 0.3 is 6.11 Å². The standard InChI is InChI=1S/C7H12F2O/c1-10-7(8,9)6-4-2-3-5-6/h6H,2-5H2,1H3. The normalized spacial score (nSPS) is 21.9. The Kier molecular flexibility index (Phi) is 2.24. The summed E-state index contributed by atoms with van der Waals surface area (Å²) < 4.78 is 29.4. The van der Waals surface area contributed by atoms with Gasteiger partial charge in [0.25, 0.3) is 0 Å². The fraction of sp³-hybridized carbons (Fsp3) is 1.00. The highest BCUT2D eigenvalue weighted by atomic mass is 19.3. The molecule has 10 heavy (non-hydrogen) atoms. The topological polar surface area (TPSA) is 9.23 Å². The van der Waals surface area contributed by atoms with E-state index in [1.807, 2.05) is 0 Å². The Morgan fingerprint density at radius 1 is 1.30 bits per heavy atom. The zero-order chi connectivity index (χ0) is 7.61. The average molecular weight is 150 g/mol. The smallest absolute Gasteiger partial charge is 0.324 e. The Bertz CT molecular complexity index is 108. The average Bonchev–Trinajstić information content (AvgIpc) is 2.38. The Morgan fingerprint density at radius 2 is 1.80 bits per heavy atom. The van der Waals surface area contributed by atoms with Gasteiger partial charge in [-0.25, -0.2) is 0 Å². The summed E-state index contributed by atoms with van der Waals surface area (Å²) in [6.07, 6.45) is 0.186. The second-order valence-electron chi connectivity index (χ2n) is 2.75. The van der Waals surface area contributed by atoms with Crippen LogP contribution in [-0.4, -0.2) is 13.2 Å². The van der Waals surface area contributed by atoms with E-state index in [0.29, 0.717) is 12.8 Å². The van der Waals surface area contributed by atoms with Crippen LogP contribution in [0, 0.1) is 5.92 Å². The van der Waals surface area contributed by atoms with Crippen molar-refractivity contribution in [2.45, 2.75) is 31.8 Å². The summed E-state index contributed by atoms with van der Waals surface area (Å²) in [5.74, 6) is -0.530. The highest BCUT2D eigenvalue weighted by Gasteiger charge is 2.40. The molecule has 1 rings (SSSR count). The van der Waals surface area contributed by atoms with Crippen molar-refractivity contribution in [1.29, 1.82) is 0 Å². The number of alkyl halides is 2. The molecule has 0 unspecified atom stereocenters. The van der Waals surface area contributed by atoms with Crippen LogP contribution >= 0.6 is 0 Å². The van der Waals surface area contributed by atoms with Gasteiger partial charge in [-0.2, -0.15) is 8.78 Å². The molecular formula is C7H12F2O. The monoisotopic (exact) mass is 150 g/mol. The number of hydrogen-bond donors (Lipinski definition) is 0. The first-order valence-electron chi connectivity index (χ1n) is 3.60. The lowest BCUT2D eigenvalue weighted by Crippen LogP contribution is -2.27. The molecule has 0 aromatic carbocycles. The lowest BCUT2D eigenvalue weighted by atomic mass is 10.1. The van der Waals surface area contributed by atoms with Crippen LogP contribution in [0.25, 0.3) is 0 Å². The summed E-state index contributed by atoms with van der Waals surface area (Å²) in [5, 5.41) is 0. The van der Waals surface area contributed by atoms with Crippen molar-refractivity contribution in [3.8, 4) is 0 Å². The molecule has 1 nitrogen and oxygen atoms in total. The van der Waals surface area contributed by atoms with Gasteiger partial charge in [0, 0.05) is 7.11 Å². The second kappa shape index (κ2) is 2.82. The van der Waals surface area contributed by atoms with Crippen molar-refractivity contribution in [1.82, 2.24) is 0 Å². The summed E-state index contributed by atoms with van der Waals surface area (Å²) in [5.41, 5.74) is 0. The van der Waals surface area contributed by atoms with Crippen LogP contribution in [0.3, 0.4) is 0 Å². The van der Waals surface area contributed by atoms with E-state index in [1.54, 1.807) is 0 Å². The van der Waals surface area contributed by atoms with Crippen molar-refractivity contribution in [3.63, 3.8) is 0 Å². The predicted octanol–water partition coefficient (Wildman–Crippen LogP) is 2.42. The van der Waals surface area contributed by atoms with E-state index in [9.17, 15) is 8.78 Å². The summed E-state index contributed by atoms with van der Waals surface area (Å²) in [6, 6.07) is 0. The van der Waals surface area contributed by atoms with Crippen LogP contribution in [-0.2, 0) is 4.74 Å². The molecular weight excluding hydrogens is 138 g/mol. The summed E-state index contributed by atoms with van der Waals surface area (Å²) >= 11 is 0. The first kappa shape index (κ1) is 7.92. The van der Waals surface area contributed by atoms with Gasteiger partial charge in [0.15, 0.2) is 0 Å². The number of halogens is 2. The minimum absolute atomic E-state index is 0.530. The largest absolute Gasteiger partial charge is 0.358 e. The molecule has 0 aliphatic heterocycles. The minimum atomic E-state index is -2.88. The minimum Gasteiger partial charge on any atom is -0.324 e. The molecule has 0 bridgehead atoms. The first-order valence-corrected chi connectivity index (χ1v) is 3.60. The molecule has 1 saturated carbocycles. The van der Waals surface area contributed by atoms with Gasteiger partial charge in [0.2, 0.25) is 0 Å². The van der Waals surface area contributed by atoms with Gasteiger partial charge < -0.3 is 4.74 Å². The first-order chi connectivity index (χ1) is 4.67. The van der Waals surface area contributed by atoms with E-state index in [4.69, 9.17) is 0 Å². The van der Waals surface area contributed by atoms with Crippen LogP contribution in [0.4, 0.5) is 8.78 Å². The Morgan fingerprint density at radius 3 is 2.20 bits per heavy atom. The van der Waals surface area contributed by atoms with Crippen molar-refractivity contribution < 1.29 is 13.5 Å². The molecule has 1 aliphatic rings. The molecule has 0 spiro atoms. The zero-order valence-electron chi connectivity index (χ0n) is 6.07. The molecule has 0 heterocycles. The van der Waals surface area contributed by atoms with Gasteiger partial charge in [-0.15, -0.1) is 0 Å². The van der Waals surface area contributed by atoms with Gasteiger partial charge in [-0.3, -0.25) is 0 Å². The van der Waals surface area contributed by atoms with Gasteiger partial charge in [-0.05, 0) is 12.8 Å². The maximum Gasteiger partial charge on any atom is 0.358 e. The number of hydrogen-bond acceptors (Lipinski definition) is 1. The Labute approximate surface area is 59.4 Å². The highest BCUT2D eigenvalue weighted by Crippen LogP contribution is 2.37. The maximum atomic E-state index is 12.6. The molecule has 0 aromatic heterocycles. The highest BCUT2D eigenvalue weighted by molar-refractivity contribution is 4.74. The third-order valence-electron chi connectivity index (χ3n) is 2.10. The molecule has 1 aliphatic carbocycles. The molecule has 0 radical (unpaired) electrons. The van der Waals surface area contributed by atoms with E-state index < -0.39 is 12.0 Å². The molecule has 3 heteroatoms. The van der Waals surface area contributed by atoms with Crippen molar-refractivity contribution in [3.05, 3.63) is 0 Å². The van der Waals surface area contributed by atoms with E-state index in [0.717, 1.165) is 20.0 Å². The Balaban J connectivity index is 2.45. The van der Waals surface area contributed by atoms with E-state index in [1.165, 1.54) is 0 Å². The molecule has 0 atom stereocenters. The van der Waals surface area contributed by atoms with Gasteiger partial charge in [0.05, 0.1) is 5.92 Å². The summed E-state index contributed by atoms with van der Waals surface area (Å²) in [6.45, 7) is 0. The second-order valence-corrected chi connectivity index (χ2v) is 2.75. The van der Waals surface area contributed by atoms with Crippen LogP contribution in [0.2, 0.25) is 0 Å². The molecule has 0 aromatic rings. The third-order valence-corrected chi connectivity index (χ3v) is 2.10. The van der Waals surface area contributed by atoms with Gasteiger partial charge in [-0.1, -0.05) is 12.8 Å². The molecule has 1 fully saturated rings. The predicted molar refractivity (Wildman–Crippen MR) is 33.9 cm³/mol. The molecule has 60 valence electrons. The Hall–Kier alpha value is -0.180. The lowest BCUT2D eigenvalue weighted by Gasteiger charge is -2.20. The maximum absolute atomic E-state index is 12.6. The zero-order valence-corrected chi connectivity index (χ0v) is 6.07. The SMILES string of the molecule is COC(F)(F)C1CCCC1. The number of rotatable bonds is 2. The van der Waals surface area contributed by atoms with Crippen LogP contribution in [0.15, 0.2) is 0 Å². The van der Waals surface area contributed by atoms with Crippen LogP contribution in [0.5, 0.6) is 0 Å². The van der Waals surface area contributed by atoms with Crippen molar-refractivity contribution >= 4 is 0 Å². The molecule has 0 saturated heterocycles. The van der Waals surface area contributed by atoms with E-state index in [-0.39, 0.29) is 0 Å². The van der Waals surface area contributed by atoms with E-state index in [2.05, 4.69) is 4.74 Å². The van der Waals surface area contributed by atoms with Crippen molar-refractivity contribution in [2.75, 3.05) is 7.11 Å². The molecule has 0 N–H and O–H groups in total. The molecule has 0 amide bonds. The van der Waals surface area contributed by atoms with E-state index >= 15 is 0 Å². The van der Waals surface area contributed by atoms with Crippen LogP contribution in [0.1, 0.15) is 25.7 Å². The lowest BCUT2D eigenvalue weighted by molar-refractivity contribution is -0.255. The van der Waals surface area contributed by atoms with Crippen LogP contribution < -0.4 is 0 Å². The third kappa shape index (κ3) is 1.45. The quantitative estimate of drug-likeness (QED) is 0.587. The number of ether oxygens (including phenoxy) is 1. The summed E-state index contributed by atoms with van der Waals surface area (Å²) in [7, 11) is 1.07. The van der Waals surface area contributed by atoms with Crippen molar-refractivity contribution in [2.24, 2.45) is 5.92 Å². The fourth-order valence-corrected chi connectivity index (χ4v) is 1.43.